The van der Waals surface area contributed by atoms with Gasteiger partial charge in [0.15, 0.2) is 0 Å². The average Bonchev–Trinajstić information content (AvgIpc) is 2.52. The largest absolute Gasteiger partial charge is 0.496 e. The first-order chi connectivity index (χ1) is 10.6. The molecule has 0 amide bonds. The number of piperidine rings is 1. The number of likely N-dealkylation sites (tertiary alicyclic amines) is 1. The number of benzene rings is 1. The lowest BCUT2D eigenvalue weighted by Crippen LogP contribution is -2.36. The molecule has 0 saturated carbocycles. The highest BCUT2D eigenvalue weighted by Gasteiger charge is 2.22. The summed E-state index contributed by atoms with van der Waals surface area (Å²) >= 11 is 0. The van der Waals surface area contributed by atoms with Gasteiger partial charge < -0.3 is 20.6 Å². The van der Waals surface area contributed by atoms with E-state index in [0.717, 1.165) is 61.6 Å². The van der Waals surface area contributed by atoms with E-state index in [0.29, 0.717) is 11.8 Å². The number of hydrogen-bond donors (Lipinski definition) is 3. The molecule has 1 aliphatic rings. The van der Waals surface area contributed by atoms with Gasteiger partial charge in [-0.2, -0.15) is 0 Å². The molecule has 5 N–H and O–H groups in total. The van der Waals surface area contributed by atoms with E-state index < -0.39 is 0 Å². The van der Waals surface area contributed by atoms with Crippen molar-refractivity contribution in [2.45, 2.75) is 39.3 Å². The second-order valence-electron chi connectivity index (χ2n) is 5.74. The number of anilines is 2. The second-order valence-corrected chi connectivity index (χ2v) is 5.74. The fraction of sp³-hybridized carbons (Fsp3) is 0.625. The Balaban J connectivity index is 2.12. The highest BCUT2D eigenvalue weighted by atomic mass is 16.5. The molecule has 0 unspecified atom stereocenters. The fourth-order valence-corrected chi connectivity index (χ4v) is 3.08. The first-order valence-electron chi connectivity index (χ1n) is 7.87. The Morgan fingerprint density at radius 1 is 1.36 bits per heavy atom. The topological polar surface area (TPSA) is 85.8 Å². The summed E-state index contributed by atoms with van der Waals surface area (Å²) in [5.41, 5.74) is 12.4. The van der Waals surface area contributed by atoms with Gasteiger partial charge in [-0.15, -0.1) is 0 Å². The number of aryl methyl sites for hydroxylation is 1. The van der Waals surface area contributed by atoms with Crippen molar-refractivity contribution in [2.24, 2.45) is 5.84 Å². The van der Waals surface area contributed by atoms with E-state index in [-0.39, 0.29) is 0 Å². The lowest BCUT2D eigenvalue weighted by atomic mass is 10.0. The Morgan fingerprint density at radius 2 is 2.05 bits per heavy atom. The number of nitrogens with two attached hydrogens (primary N) is 2. The maximum atomic E-state index is 6.29. The second kappa shape index (κ2) is 7.67. The van der Waals surface area contributed by atoms with Gasteiger partial charge in [0, 0.05) is 31.8 Å². The molecule has 0 aromatic heterocycles. The van der Waals surface area contributed by atoms with Crippen LogP contribution in [0.15, 0.2) is 6.07 Å². The Labute approximate surface area is 132 Å². The molecule has 22 heavy (non-hydrogen) atoms. The van der Waals surface area contributed by atoms with Gasteiger partial charge >= 0.3 is 0 Å². The molecule has 0 spiro atoms. The van der Waals surface area contributed by atoms with E-state index >= 15 is 0 Å². The number of ether oxygens (including phenoxy) is 2. The van der Waals surface area contributed by atoms with Crippen molar-refractivity contribution in [3.8, 4) is 5.75 Å². The number of hydrogen-bond acceptors (Lipinski definition) is 6. The van der Waals surface area contributed by atoms with Crippen LogP contribution in [-0.2, 0) is 11.3 Å². The van der Waals surface area contributed by atoms with Crippen molar-refractivity contribution in [1.29, 1.82) is 0 Å². The average molecular weight is 308 g/mol. The van der Waals surface area contributed by atoms with E-state index in [9.17, 15) is 0 Å². The standard InChI is InChI=1S/C16H28N4O2/c1-4-22-12-5-7-20(8-6-12)10-13-14(21-3)9-11(2)16(19-18)15(13)17/h9,12,19H,4-8,10,17-18H2,1-3H3. The van der Waals surface area contributed by atoms with Crippen molar-refractivity contribution < 1.29 is 9.47 Å². The molecule has 0 radical (unpaired) electrons. The van der Waals surface area contributed by atoms with Gasteiger partial charge in [0.1, 0.15) is 5.75 Å². The number of methoxy groups -OCH3 is 1. The third kappa shape index (κ3) is 3.63. The number of nitrogens with zero attached hydrogens (tertiary/aromatic N) is 1. The molecule has 1 fully saturated rings. The van der Waals surface area contributed by atoms with Crippen molar-refractivity contribution in [2.75, 3.05) is 38.0 Å². The summed E-state index contributed by atoms with van der Waals surface area (Å²) in [7, 11) is 1.68. The Bertz CT molecular complexity index is 499. The van der Waals surface area contributed by atoms with Crippen molar-refractivity contribution in [3.63, 3.8) is 0 Å². The predicted octanol–water partition coefficient (Wildman–Crippen LogP) is 1.87. The van der Waals surface area contributed by atoms with Crippen LogP contribution in [0.3, 0.4) is 0 Å². The number of rotatable bonds is 6. The monoisotopic (exact) mass is 308 g/mol. The molecule has 1 heterocycles. The zero-order valence-electron chi connectivity index (χ0n) is 13.8. The quantitative estimate of drug-likeness (QED) is 0.422. The van der Waals surface area contributed by atoms with Gasteiger partial charge in [-0.3, -0.25) is 10.7 Å². The lowest BCUT2D eigenvalue weighted by molar-refractivity contribution is 0.0124. The van der Waals surface area contributed by atoms with Crippen molar-refractivity contribution >= 4 is 11.4 Å². The molecular formula is C16H28N4O2. The highest BCUT2D eigenvalue weighted by molar-refractivity contribution is 5.76. The smallest absolute Gasteiger partial charge is 0.125 e. The first-order valence-corrected chi connectivity index (χ1v) is 7.87. The van der Waals surface area contributed by atoms with Crippen LogP contribution in [0.1, 0.15) is 30.9 Å². The summed E-state index contributed by atoms with van der Waals surface area (Å²) in [6.07, 6.45) is 2.51. The first kappa shape index (κ1) is 16.9. The summed E-state index contributed by atoms with van der Waals surface area (Å²) in [5.74, 6) is 6.42. The van der Waals surface area contributed by atoms with Crippen molar-refractivity contribution in [3.05, 3.63) is 17.2 Å². The minimum absolute atomic E-state index is 0.389. The van der Waals surface area contributed by atoms with E-state index in [1.54, 1.807) is 7.11 Å². The number of nitrogen functional groups attached to an aromatic ring is 2. The van der Waals surface area contributed by atoms with Gasteiger partial charge in [0.05, 0.1) is 24.6 Å². The molecule has 1 saturated heterocycles. The predicted molar refractivity (Wildman–Crippen MR) is 89.9 cm³/mol. The zero-order valence-corrected chi connectivity index (χ0v) is 13.8. The Morgan fingerprint density at radius 3 is 2.59 bits per heavy atom. The van der Waals surface area contributed by atoms with Gasteiger partial charge in [0.2, 0.25) is 0 Å². The van der Waals surface area contributed by atoms with Crippen LogP contribution >= 0.6 is 0 Å². The summed E-state index contributed by atoms with van der Waals surface area (Å²) in [4.78, 5) is 2.39. The molecule has 1 aromatic rings. The third-order valence-corrected chi connectivity index (χ3v) is 4.32. The number of nitrogens with one attached hydrogen (secondary N) is 1. The minimum Gasteiger partial charge on any atom is -0.496 e. The van der Waals surface area contributed by atoms with Crippen molar-refractivity contribution in [1.82, 2.24) is 4.90 Å². The SMILES string of the molecule is CCOC1CCN(Cc2c(OC)cc(C)c(NN)c2N)CC1. The molecule has 124 valence electrons. The maximum absolute atomic E-state index is 6.29. The van der Waals surface area contributed by atoms with Crippen LogP contribution in [0.4, 0.5) is 11.4 Å². The molecule has 0 bridgehead atoms. The van der Waals surface area contributed by atoms with Gasteiger partial charge in [-0.1, -0.05) is 0 Å². The Kier molecular flexibility index (Phi) is 5.88. The van der Waals surface area contributed by atoms with E-state index in [1.165, 1.54) is 0 Å². The Hall–Kier alpha value is -1.50. The molecule has 6 heteroatoms. The molecule has 6 nitrogen and oxygen atoms in total. The van der Waals surface area contributed by atoms with Crippen LogP contribution < -0.4 is 21.7 Å². The molecular weight excluding hydrogens is 280 g/mol. The van der Waals surface area contributed by atoms with Gasteiger partial charge in [-0.05, 0) is 38.3 Å². The highest BCUT2D eigenvalue weighted by Crippen LogP contribution is 2.35. The zero-order chi connectivity index (χ0) is 16.1. The molecule has 1 aromatic carbocycles. The van der Waals surface area contributed by atoms with E-state index in [4.69, 9.17) is 21.1 Å². The van der Waals surface area contributed by atoms with Crippen LogP contribution in [0.2, 0.25) is 0 Å². The number of hydrazine groups is 1. The van der Waals surface area contributed by atoms with Gasteiger partial charge in [-0.25, -0.2) is 0 Å². The third-order valence-electron chi connectivity index (χ3n) is 4.32. The lowest BCUT2D eigenvalue weighted by Gasteiger charge is -2.32. The van der Waals surface area contributed by atoms with E-state index in [1.807, 2.05) is 19.9 Å². The van der Waals surface area contributed by atoms with E-state index in [2.05, 4.69) is 10.3 Å². The maximum Gasteiger partial charge on any atom is 0.125 e. The molecule has 0 atom stereocenters. The van der Waals surface area contributed by atoms with Crippen LogP contribution in [0, 0.1) is 6.92 Å². The summed E-state index contributed by atoms with van der Waals surface area (Å²) in [5, 5.41) is 0. The summed E-state index contributed by atoms with van der Waals surface area (Å²) in [6.45, 7) is 7.58. The summed E-state index contributed by atoms with van der Waals surface area (Å²) in [6, 6.07) is 1.98. The fourth-order valence-electron chi connectivity index (χ4n) is 3.08. The van der Waals surface area contributed by atoms with Crippen LogP contribution in [0.25, 0.3) is 0 Å². The molecule has 0 aliphatic carbocycles. The van der Waals surface area contributed by atoms with Crippen LogP contribution in [-0.4, -0.2) is 37.8 Å². The molecule has 2 rings (SSSR count). The van der Waals surface area contributed by atoms with Crippen LogP contribution in [0.5, 0.6) is 5.75 Å². The molecule has 1 aliphatic heterocycles. The van der Waals surface area contributed by atoms with Gasteiger partial charge in [0.25, 0.3) is 0 Å². The normalized spacial score (nSPS) is 16.7. The minimum atomic E-state index is 0.389. The summed E-state index contributed by atoms with van der Waals surface area (Å²) < 4.78 is 11.2.